The zero-order valence-electron chi connectivity index (χ0n) is 16.8. The van der Waals surface area contributed by atoms with Crippen LogP contribution < -0.4 is 0 Å². The van der Waals surface area contributed by atoms with Gasteiger partial charge in [-0.2, -0.15) is 0 Å². The summed E-state index contributed by atoms with van der Waals surface area (Å²) in [5.74, 6) is 4.75. The minimum absolute atomic E-state index is 0.583. The molecule has 0 aromatic heterocycles. The van der Waals surface area contributed by atoms with E-state index in [9.17, 15) is 0 Å². The van der Waals surface area contributed by atoms with Crippen LogP contribution in [0.15, 0.2) is 12.7 Å². The van der Waals surface area contributed by atoms with Crippen molar-refractivity contribution in [1.82, 2.24) is 0 Å². The van der Waals surface area contributed by atoms with Gasteiger partial charge in [-0.1, -0.05) is 32.3 Å². The highest BCUT2D eigenvalue weighted by molar-refractivity contribution is 4.87. The molecule has 1 aliphatic heterocycles. The van der Waals surface area contributed by atoms with E-state index in [0.717, 1.165) is 36.2 Å². The molecule has 3 fully saturated rings. The second-order valence-electron chi connectivity index (χ2n) is 9.46. The van der Waals surface area contributed by atoms with Crippen LogP contribution in [0.25, 0.3) is 0 Å². The highest BCUT2D eigenvalue weighted by atomic mass is 16.5. The molecule has 0 amide bonds. The Morgan fingerprint density at radius 2 is 1.40 bits per heavy atom. The summed E-state index contributed by atoms with van der Waals surface area (Å²) >= 11 is 0. The maximum Gasteiger partial charge on any atom is 0.0575 e. The Bertz CT molecular complexity index is 366. The van der Waals surface area contributed by atoms with Crippen molar-refractivity contribution in [2.45, 2.75) is 103 Å². The molecule has 0 radical (unpaired) electrons. The number of ether oxygens (including phenoxy) is 1. The molecule has 2 aliphatic carbocycles. The lowest BCUT2D eigenvalue weighted by molar-refractivity contribution is -0.0257. The van der Waals surface area contributed by atoms with Gasteiger partial charge in [0.05, 0.1) is 6.10 Å². The van der Waals surface area contributed by atoms with Crippen LogP contribution in [0.5, 0.6) is 0 Å². The first-order chi connectivity index (χ1) is 12.3. The van der Waals surface area contributed by atoms with Crippen LogP contribution in [-0.4, -0.2) is 12.7 Å². The summed E-state index contributed by atoms with van der Waals surface area (Å²) in [5, 5.41) is 0. The second kappa shape index (κ2) is 10.1. The van der Waals surface area contributed by atoms with Crippen LogP contribution in [0, 0.1) is 29.6 Å². The highest BCUT2D eigenvalue weighted by Crippen LogP contribution is 2.42. The quantitative estimate of drug-likeness (QED) is 0.444. The van der Waals surface area contributed by atoms with Gasteiger partial charge < -0.3 is 4.74 Å². The maximum absolute atomic E-state index is 6.16. The lowest BCUT2D eigenvalue weighted by atomic mass is 9.68. The van der Waals surface area contributed by atoms with Crippen molar-refractivity contribution in [1.29, 1.82) is 0 Å². The lowest BCUT2D eigenvalue weighted by Crippen LogP contribution is -2.28. The van der Waals surface area contributed by atoms with E-state index in [1.165, 1.54) is 89.9 Å². The van der Waals surface area contributed by atoms with Gasteiger partial charge in [-0.3, -0.25) is 0 Å². The molecule has 1 heteroatoms. The summed E-state index contributed by atoms with van der Waals surface area (Å²) in [7, 11) is 0. The molecular formula is C24H42O. The minimum atomic E-state index is 0.583. The molecule has 1 nitrogen and oxygen atoms in total. The van der Waals surface area contributed by atoms with Gasteiger partial charge >= 0.3 is 0 Å². The van der Waals surface area contributed by atoms with Crippen molar-refractivity contribution in [3.63, 3.8) is 0 Å². The molecule has 0 bridgehead atoms. The van der Waals surface area contributed by atoms with Gasteiger partial charge in [0, 0.05) is 6.61 Å². The van der Waals surface area contributed by atoms with Crippen molar-refractivity contribution in [3.8, 4) is 0 Å². The van der Waals surface area contributed by atoms with E-state index >= 15 is 0 Å². The SMILES string of the molecule is C=CC1CCC(C2CCC(CCC3CCC(CCC)CO3)CC2)CC1. The Morgan fingerprint density at radius 1 is 0.760 bits per heavy atom. The van der Waals surface area contributed by atoms with E-state index in [-0.39, 0.29) is 0 Å². The fourth-order valence-electron chi connectivity index (χ4n) is 5.95. The zero-order valence-corrected chi connectivity index (χ0v) is 16.8. The van der Waals surface area contributed by atoms with Gasteiger partial charge in [0.15, 0.2) is 0 Å². The van der Waals surface area contributed by atoms with Crippen LogP contribution in [0.4, 0.5) is 0 Å². The Kier molecular flexibility index (Phi) is 7.90. The second-order valence-corrected chi connectivity index (χ2v) is 9.46. The Hall–Kier alpha value is -0.300. The molecule has 0 aromatic carbocycles. The Labute approximate surface area is 157 Å². The molecule has 3 aliphatic rings. The molecule has 1 heterocycles. The molecule has 1 saturated heterocycles. The number of hydrogen-bond donors (Lipinski definition) is 0. The average molecular weight is 347 g/mol. The molecule has 2 saturated carbocycles. The van der Waals surface area contributed by atoms with E-state index in [4.69, 9.17) is 4.74 Å². The van der Waals surface area contributed by atoms with Crippen LogP contribution in [0.3, 0.4) is 0 Å². The first kappa shape index (κ1) is 19.5. The molecule has 0 N–H and O–H groups in total. The van der Waals surface area contributed by atoms with E-state index in [1.54, 1.807) is 0 Å². The largest absolute Gasteiger partial charge is 0.378 e. The van der Waals surface area contributed by atoms with E-state index in [1.807, 2.05) is 0 Å². The Balaban J connectivity index is 1.29. The predicted molar refractivity (Wildman–Crippen MR) is 108 cm³/mol. The normalized spacial score (nSPS) is 39.9. The monoisotopic (exact) mass is 346 g/mol. The molecule has 3 rings (SSSR count). The molecule has 2 unspecified atom stereocenters. The van der Waals surface area contributed by atoms with Gasteiger partial charge in [0.2, 0.25) is 0 Å². The topological polar surface area (TPSA) is 9.23 Å². The van der Waals surface area contributed by atoms with Crippen LogP contribution >= 0.6 is 0 Å². The summed E-state index contributed by atoms with van der Waals surface area (Å²) in [4.78, 5) is 0. The molecule has 144 valence electrons. The summed E-state index contributed by atoms with van der Waals surface area (Å²) < 4.78 is 6.16. The first-order valence-corrected chi connectivity index (χ1v) is 11.5. The van der Waals surface area contributed by atoms with Crippen molar-refractivity contribution >= 4 is 0 Å². The summed E-state index contributed by atoms with van der Waals surface area (Å²) in [5.41, 5.74) is 0. The number of rotatable bonds is 7. The fraction of sp³-hybridized carbons (Fsp3) is 0.917. The third kappa shape index (κ3) is 5.84. The van der Waals surface area contributed by atoms with E-state index < -0.39 is 0 Å². The van der Waals surface area contributed by atoms with Crippen LogP contribution in [0.1, 0.15) is 96.8 Å². The number of allylic oxidation sites excluding steroid dienone is 1. The van der Waals surface area contributed by atoms with Crippen LogP contribution in [-0.2, 0) is 4.74 Å². The average Bonchev–Trinajstić information content (AvgIpc) is 2.68. The zero-order chi connectivity index (χ0) is 17.5. The first-order valence-electron chi connectivity index (χ1n) is 11.5. The highest BCUT2D eigenvalue weighted by Gasteiger charge is 2.30. The molecule has 25 heavy (non-hydrogen) atoms. The van der Waals surface area contributed by atoms with Crippen molar-refractivity contribution in [3.05, 3.63) is 12.7 Å². The third-order valence-electron chi connectivity index (χ3n) is 7.77. The van der Waals surface area contributed by atoms with Gasteiger partial charge in [-0.25, -0.2) is 0 Å². The maximum atomic E-state index is 6.16. The Morgan fingerprint density at radius 3 is 1.96 bits per heavy atom. The van der Waals surface area contributed by atoms with Crippen molar-refractivity contribution in [2.75, 3.05) is 6.61 Å². The molecule has 0 aromatic rings. The summed E-state index contributed by atoms with van der Waals surface area (Å²) in [6.45, 7) is 7.33. The molecular weight excluding hydrogens is 304 g/mol. The minimum Gasteiger partial charge on any atom is -0.378 e. The lowest BCUT2D eigenvalue weighted by Gasteiger charge is -2.38. The predicted octanol–water partition coefficient (Wildman–Crippen LogP) is 7.16. The van der Waals surface area contributed by atoms with E-state index in [2.05, 4.69) is 19.6 Å². The van der Waals surface area contributed by atoms with Crippen LogP contribution in [0.2, 0.25) is 0 Å². The third-order valence-corrected chi connectivity index (χ3v) is 7.77. The smallest absolute Gasteiger partial charge is 0.0575 e. The van der Waals surface area contributed by atoms with Gasteiger partial charge in [-0.05, 0) is 100 Å². The standard InChI is InChI=1S/C24H42O/c1-3-5-21-11-17-24(25-18-21)16-10-20-8-14-23(15-9-20)22-12-6-19(4-2)7-13-22/h4,19-24H,2-3,5-18H2,1H3. The molecule has 0 spiro atoms. The van der Waals surface area contributed by atoms with Gasteiger partial charge in [0.25, 0.3) is 0 Å². The molecule has 2 atom stereocenters. The van der Waals surface area contributed by atoms with Gasteiger partial charge in [-0.15, -0.1) is 6.58 Å². The van der Waals surface area contributed by atoms with Crippen molar-refractivity contribution in [2.24, 2.45) is 29.6 Å². The summed E-state index contributed by atoms with van der Waals surface area (Å²) in [6, 6.07) is 0. The fourth-order valence-corrected chi connectivity index (χ4v) is 5.95. The number of hydrogen-bond acceptors (Lipinski definition) is 1. The van der Waals surface area contributed by atoms with Crippen molar-refractivity contribution < 1.29 is 4.74 Å². The summed E-state index contributed by atoms with van der Waals surface area (Å²) in [6.07, 6.45) is 22.8. The van der Waals surface area contributed by atoms with Gasteiger partial charge in [0.1, 0.15) is 0 Å². The van der Waals surface area contributed by atoms with E-state index in [0.29, 0.717) is 6.10 Å².